The van der Waals surface area contributed by atoms with Gasteiger partial charge in [-0.05, 0) is 31.2 Å². The lowest BCUT2D eigenvalue weighted by Gasteiger charge is -2.07. The van der Waals surface area contributed by atoms with E-state index in [1.807, 2.05) is 0 Å². The highest BCUT2D eigenvalue weighted by Crippen LogP contribution is 2.20. The van der Waals surface area contributed by atoms with Gasteiger partial charge in [-0.1, -0.05) is 0 Å². The van der Waals surface area contributed by atoms with Gasteiger partial charge in [-0.3, -0.25) is 4.79 Å². The average molecular weight is 292 g/mol. The highest BCUT2D eigenvalue weighted by Gasteiger charge is 2.26. The van der Waals surface area contributed by atoms with Crippen LogP contribution in [-0.2, 0) is 14.6 Å². The molecular weight excluding hydrogens is 278 g/mol. The van der Waals surface area contributed by atoms with Crippen LogP contribution in [0.2, 0.25) is 0 Å². The van der Waals surface area contributed by atoms with Crippen LogP contribution in [0.3, 0.4) is 0 Å². The lowest BCUT2D eigenvalue weighted by Crippen LogP contribution is -2.29. The zero-order valence-electron chi connectivity index (χ0n) is 10.2. The fraction of sp³-hybridized carbons (Fsp3) is 0.364. The topological polar surface area (TPSA) is 75.3 Å². The molecule has 1 aromatic carbocycles. The minimum absolute atomic E-state index is 0.0226. The number of likely N-dealkylation sites (N-methyl/N-ethyl adjacent to an activating group) is 1. The van der Waals surface area contributed by atoms with Crippen molar-refractivity contribution in [3.63, 3.8) is 0 Å². The summed E-state index contributed by atoms with van der Waals surface area (Å²) in [6.07, 6.45) is 0. The maximum Gasteiger partial charge on any atom is 0.341 e. The van der Waals surface area contributed by atoms with Crippen LogP contribution >= 0.6 is 0 Å². The number of amides is 1. The standard InChI is InChI=1S/C11H14F2N2O3S/c1-2-14-10(16)7-15-8-3-5-9(6-4-8)19(17,18)11(12)13/h3-6,11,15H,2,7H2,1H3,(H,14,16). The molecule has 1 aromatic rings. The number of hydrogen-bond donors (Lipinski definition) is 2. The van der Waals surface area contributed by atoms with E-state index in [4.69, 9.17) is 0 Å². The van der Waals surface area contributed by atoms with Crippen LogP contribution in [0.25, 0.3) is 0 Å². The summed E-state index contributed by atoms with van der Waals surface area (Å²) >= 11 is 0. The highest BCUT2D eigenvalue weighted by atomic mass is 32.2. The second-order valence-electron chi connectivity index (χ2n) is 3.64. The summed E-state index contributed by atoms with van der Waals surface area (Å²) in [5.74, 6) is -3.66. The van der Waals surface area contributed by atoms with Crippen molar-refractivity contribution in [3.8, 4) is 0 Å². The van der Waals surface area contributed by atoms with Gasteiger partial charge in [0.25, 0.3) is 0 Å². The van der Waals surface area contributed by atoms with Crippen LogP contribution in [-0.4, -0.2) is 33.2 Å². The molecule has 0 aliphatic heterocycles. The summed E-state index contributed by atoms with van der Waals surface area (Å²) < 4.78 is 46.9. The van der Waals surface area contributed by atoms with Crippen molar-refractivity contribution >= 4 is 21.4 Å². The van der Waals surface area contributed by atoms with Crippen LogP contribution < -0.4 is 10.6 Å². The van der Waals surface area contributed by atoms with Gasteiger partial charge in [-0.2, -0.15) is 8.78 Å². The maximum atomic E-state index is 12.3. The summed E-state index contributed by atoms with van der Waals surface area (Å²) in [5.41, 5.74) is 0.472. The van der Waals surface area contributed by atoms with Crippen molar-refractivity contribution in [1.29, 1.82) is 0 Å². The summed E-state index contributed by atoms with van der Waals surface area (Å²) in [6.45, 7) is 2.31. The number of sulfone groups is 1. The number of carbonyl (C=O) groups is 1. The van der Waals surface area contributed by atoms with Crippen molar-refractivity contribution in [3.05, 3.63) is 24.3 Å². The second-order valence-corrected chi connectivity index (χ2v) is 5.55. The monoisotopic (exact) mass is 292 g/mol. The third-order valence-electron chi connectivity index (χ3n) is 2.24. The van der Waals surface area contributed by atoms with E-state index in [0.29, 0.717) is 12.2 Å². The number of hydrogen-bond acceptors (Lipinski definition) is 4. The summed E-state index contributed by atoms with van der Waals surface area (Å²) in [7, 11) is -4.57. The van der Waals surface area contributed by atoms with E-state index < -0.39 is 20.5 Å². The molecular formula is C11H14F2N2O3S. The Morgan fingerprint density at radius 2 is 1.84 bits per heavy atom. The van der Waals surface area contributed by atoms with E-state index in [2.05, 4.69) is 10.6 Å². The number of benzene rings is 1. The zero-order chi connectivity index (χ0) is 14.5. The van der Waals surface area contributed by atoms with Crippen molar-refractivity contribution in [2.75, 3.05) is 18.4 Å². The summed E-state index contributed by atoms with van der Waals surface area (Å²) in [5, 5.41) is 5.31. The van der Waals surface area contributed by atoms with Crippen LogP contribution in [0, 0.1) is 0 Å². The first-order chi connectivity index (χ1) is 8.87. The van der Waals surface area contributed by atoms with Gasteiger partial charge in [0.2, 0.25) is 15.7 Å². The lowest BCUT2D eigenvalue weighted by molar-refractivity contribution is -0.119. The molecule has 0 radical (unpaired) electrons. The van der Waals surface area contributed by atoms with Gasteiger partial charge in [-0.15, -0.1) is 0 Å². The molecule has 0 bridgehead atoms. The van der Waals surface area contributed by atoms with Crippen LogP contribution in [0.5, 0.6) is 0 Å². The van der Waals surface area contributed by atoms with E-state index in [9.17, 15) is 22.0 Å². The first kappa shape index (κ1) is 15.4. The number of anilines is 1. The van der Waals surface area contributed by atoms with E-state index in [-0.39, 0.29) is 12.5 Å². The molecule has 19 heavy (non-hydrogen) atoms. The molecule has 106 valence electrons. The summed E-state index contributed by atoms with van der Waals surface area (Å²) in [6, 6.07) is 4.80. The molecule has 0 fully saturated rings. The fourth-order valence-electron chi connectivity index (χ4n) is 1.31. The van der Waals surface area contributed by atoms with Gasteiger partial charge in [0, 0.05) is 12.2 Å². The molecule has 0 spiro atoms. The predicted molar refractivity (Wildman–Crippen MR) is 66.8 cm³/mol. The molecule has 1 amide bonds. The molecule has 0 saturated heterocycles. The third-order valence-corrected chi connectivity index (χ3v) is 3.64. The van der Waals surface area contributed by atoms with Gasteiger partial charge < -0.3 is 10.6 Å². The molecule has 0 unspecified atom stereocenters. The Bertz CT molecular complexity index is 529. The van der Waals surface area contributed by atoms with E-state index >= 15 is 0 Å². The minimum atomic E-state index is -4.57. The molecule has 0 heterocycles. The number of rotatable bonds is 6. The Morgan fingerprint density at radius 1 is 1.26 bits per heavy atom. The molecule has 0 atom stereocenters. The van der Waals surface area contributed by atoms with Crippen LogP contribution in [0.1, 0.15) is 6.92 Å². The Hall–Kier alpha value is -1.70. The smallest absolute Gasteiger partial charge is 0.341 e. The molecule has 0 saturated carbocycles. The number of halogens is 2. The summed E-state index contributed by atoms with van der Waals surface area (Å²) in [4.78, 5) is 10.7. The first-order valence-electron chi connectivity index (χ1n) is 5.50. The van der Waals surface area contributed by atoms with Gasteiger partial charge in [0.15, 0.2) is 0 Å². The molecule has 8 heteroatoms. The van der Waals surface area contributed by atoms with Crippen molar-refractivity contribution < 1.29 is 22.0 Å². The minimum Gasteiger partial charge on any atom is -0.376 e. The van der Waals surface area contributed by atoms with Crippen molar-refractivity contribution in [2.45, 2.75) is 17.6 Å². The van der Waals surface area contributed by atoms with E-state index in [1.54, 1.807) is 6.92 Å². The molecule has 0 aliphatic carbocycles. The Balaban J connectivity index is 2.70. The molecule has 5 nitrogen and oxygen atoms in total. The molecule has 1 rings (SSSR count). The largest absolute Gasteiger partial charge is 0.376 e. The molecule has 0 aromatic heterocycles. The van der Waals surface area contributed by atoms with Gasteiger partial charge in [0.1, 0.15) is 0 Å². The second kappa shape index (κ2) is 6.46. The lowest BCUT2D eigenvalue weighted by atomic mass is 10.3. The van der Waals surface area contributed by atoms with Gasteiger partial charge in [-0.25, -0.2) is 8.42 Å². The first-order valence-corrected chi connectivity index (χ1v) is 7.05. The highest BCUT2D eigenvalue weighted by molar-refractivity contribution is 7.91. The van der Waals surface area contributed by atoms with Gasteiger partial charge in [0.05, 0.1) is 11.4 Å². The zero-order valence-corrected chi connectivity index (χ0v) is 11.0. The number of nitrogens with one attached hydrogen (secondary N) is 2. The predicted octanol–water partition coefficient (Wildman–Crippen LogP) is 1.23. The number of carbonyl (C=O) groups excluding carboxylic acids is 1. The van der Waals surface area contributed by atoms with E-state index in [1.165, 1.54) is 12.1 Å². The third kappa shape index (κ3) is 4.16. The Kier molecular flexibility index (Phi) is 5.22. The number of alkyl halides is 2. The van der Waals surface area contributed by atoms with Crippen LogP contribution in [0.15, 0.2) is 29.2 Å². The normalized spacial score (nSPS) is 11.4. The van der Waals surface area contributed by atoms with Crippen LogP contribution in [0.4, 0.5) is 14.5 Å². The van der Waals surface area contributed by atoms with Gasteiger partial charge >= 0.3 is 5.76 Å². The molecule has 0 aliphatic rings. The molecule has 2 N–H and O–H groups in total. The van der Waals surface area contributed by atoms with E-state index in [0.717, 1.165) is 12.1 Å². The average Bonchev–Trinajstić information content (AvgIpc) is 2.37. The Labute approximate surface area is 109 Å². The quantitative estimate of drug-likeness (QED) is 0.827. The Morgan fingerprint density at radius 3 is 2.32 bits per heavy atom. The SMILES string of the molecule is CCNC(=O)CNc1ccc(S(=O)(=O)C(F)F)cc1. The van der Waals surface area contributed by atoms with Crippen molar-refractivity contribution in [1.82, 2.24) is 5.32 Å². The maximum absolute atomic E-state index is 12.3. The van der Waals surface area contributed by atoms with Crippen molar-refractivity contribution in [2.24, 2.45) is 0 Å². The fourth-order valence-corrected chi connectivity index (χ4v) is 2.03.